The van der Waals surface area contributed by atoms with Gasteiger partial charge in [-0.1, -0.05) is 39.5 Å². The Hall–Kier alpha value is -1.22. The maximum Gasteiger partial charge on any atom is 0.122 e. The molecule has 1 aromatic rings. The summed E-state index contributed by atoms with van der Waals surface area (Å²) >= 11 is 0. The van der Waals surface area contributed by atoms with Crippen molar-refractivity contribution in [1.29, 1.82) is 0 Å². The molecule has 136 valence electrons. The molecule has 2 rings (SSSR count). The fourth-order valence-electron chi connectivity index (χ4n) is 3.48. The van der Waals surface area contributed by atoms with Crippen LogP contribution in [0.25, 0.3) is 0 Å². The largest absolute Gasteiger partial charge is 0.490 e. The van der Waals surface area contributed by atoms with Gasteiger partial charge in [-0.2, -0.15) is 0 Å². The zero-order valence-electron chi connectivity index (χ0n) is 15.9. The average molecular weight is 333 g/mol. The highest BCUT2D eigenvalue weighted by atomic mass is 16.5. The van der Waals surface area contributed by atoms with Crippen molar-refractivity contribution in [3.8, 4) is 5.75 Å². The van der Waals surface area contributed by atoms with Gasteiger partial charge in [-0.15, -0.1) is 0 Å². The van der Waals surface area contributed by atoms with E-state index >= 15 is 0 Å². The van der Waals surface area contributed by atoms with Crippen molar-refractivity contribution in [1.82, 2.24) is 5.32 Å². The molecule has 0 aliphatic carbocycles. The first kappa shape index (κ1) is 19.1. The molecule has 1 saturated heterocycles. The third-order valence-corrected chi connectivity index (χ3v) is 4.92. The molecule has 0 spiro atoms. The van der Waals surface area contributed by atoms with E-state index in [4.69, 9.17) is 4.74 Å². The number of hydrogen-bond donors (Lipinski definition) is 2. The fourth-order valence-corrected chi connectivity index (χ4v) is 3.48. The SMILES string of the molecule is CCCCCC(CCC)Nc1ccc(OC2CCNCC2)c(C)c1. The molecule has 1 aliphatic rings. The number of anilines is 1. The molecule has 0 saturated carbocycles. The van der Waals surface area contributed by atoms with E-state index < -0.39 is 0 Å². The molecule has 24 heavy (non-hydrogen) atoms. The number of piperidine rings is 1. The summed E-state index contributed by atoms with van der Waals surface area (Å²) in [6, 6.07) is 7.18. The van der Waals surface area contributed by atoms with Gasteiger partial charge in [0.1, 0.15) is 11.9 Å². The van der Waals surface area contributed by atoms with Crippen LogP contribution in [-0.2, 0) is 0 Å². The lowest BCUT2D eigenvalue weighted by atomic mass is 10.0. The molecular formula is C21H36N2O. The molecule has 1 heterocycles. The minimum absolute atomic E-state index is 0.366. The highest BCUT2D eigenvalue weighted by Gasteiger charge is 2.15. The Bertz CT molecular complexity index is 469. The zero-order chi connectivity index (χ0) is 17.2. The Morgan fingerprint density at radius 3 is 2.58 bits per heavy atom. The molecular weight excluding hydrogens is 296 g/mol. The molecule has 0 amide bonds. The molecule has 0 radical (unpaired) electrons. The van der Waals surface area contributed by atoms with Gasteiger partial charge in [0.15, 0.2) is 0 Å². The maximum atomic E-state index is 6.21. The van der Waals surface area contributed by atoms with Crippen LogP contribution in [0.1, 0.15) is 70.8 Å². The van der Waals surface area contributed by atoms with Gasteiger partial charge >= 0.3 is 0 Å². The first-order valence-corrected chi connectivity index (χ1v) is 9.97. The Balaban J connectivity index is 1.91. The fraction of sp³-hybridized carbons (Fsp3) is 0.714. The second kappa shape index (κ2) is 10.6. The number of benzene rings is 1. The molecule has 1 aromatic carbocycles. The summed E-state index contributed by atoms with van der Waals surface area (Å²) in [4.78, 5) is 0. The Morgan fingerprint density at radius 1 is 1.12 bits per heavy atom. The summed E-state index contributed by atoms with van der Waals surface area (Å²) < 4.78 is 6.21. The summed E-state index contributed by atoms with van der Waals surface area (Å²) in [5, 5.41) is 7.13. The second-order valence-corrected chi connectivity index (χ2v) is 7.17. The molecule has 0 aromatic heterocycles. The molecule has 0 bridgehead atoms. The summed E-state index contributed by atoms with van der Waals surface area (Å²) in [5.41, 5.74) is 2.47. The van der Waals surface area contributed by atoms with Crippen molar-refractivity contribution in [2.45, 2.75) is 84.3 Å². The van der Waals surface area contributed by atoms with Crippen molar-refractivity contribution in [2.75, 3.05) is 18.4 Å². The van der Waals surface area contributed by atoms with E-state index in [0.29, 0.717) is 12.1 Å². The van der Waals surface area contributed by atoms with Gasteiger partial charge in [0.05, 0.1) is 0 Å². The van der Waals surface area contributed by atoms with Crippen LogP contribution >= 0.6 is 0 Å². The number of nitrogens with one attached hydrogen (secondary N) is 2. The second-order valence-electron chi connectivity index (χ2n) is 7.17. The normalized spacial score (nSPS) is 16.8. The van der Waals surface area contributed by atoms with Crippen LogP contribution in [0.5, 0.6) is 5.75 Å². The van der Waals surface area contributed by atoms with E-state index in [9.17, 15) is 0 Å². The number of hydrogen-bond acceptors (Lipinski definition) is 3. The summed E-state index contributed by atoms with van der Waals surface area (Å²) in [7, 11) is 0. The molecule has 1 atom stereocenters. The summed E-state index contributed by atoms with van der Waals surface area (Å²) in [6.45, 7) is 8.84. The van der Waals surface area contributed by atoms with E-state index in [-0.39, 0.29) is 0 Å². The van der Waals surface area contributed by atoms with Crippen LogP contribution in [0.4, 0.5) is 5.69 Å². The summed E-state index contributed by atoms with van der Waals surface area (Å²) in [5.74, 6) is 1.05. The van der Waals surface area contributed by atoms with Crippen molar-refractivity contribution in [3.63, 3.8) is 0 Å². The van der Waals surface area contributed by atoms with Gasteiger partial charge in [-0.25, -0.2) is 0 Å². The van der Waals surface area contributed by atoms with E-state index in [1.165, 1.54) is 49.8 Å². The Labute approximate surface area is 148 Å². The third kappa shape index (κ3) is 6.35. The molecule has 1 fully saturated rings. The topological polar surface area (TPSA) is 33.3 Å². The van der Waals surface area contributed by atoms with Crippen LogP contribution in [0.15, 0.2) is 18.2 Å². The number of unbranched alkanes of at least 4 members (excludes halogenated alkanes) is 2. The highest BCUT2D eigenvalue weighted by molar-refractivity contribution is 5.51. The van der Waals surface area contributed by atoms with Crippen LogP contribution < -0.4 is 15.4 Å². The van der Waals surface area contributed by atoms with Gasteiger partial charge in [-0.05, 0) is 69.5 Å². The number of ether oxygens (including phenoxy) is 1. The van der Waals surface area contributed by atoms with Crippen molar-refractivity contribution in [3.05, 3.63) is 23.8 Å². The molecule has 1 aliphatic heterocycles. The lowest BCUT2D eigenvalue weighted by Crippen LogP contribution is -2.34. The standard InChI is InChI=1S/C21H36N2O/c1-4-6-7-9-18(8-5-2)23-19-10-11-21(17(3)16-19)24-20-12-14-22-15-13-20/h10-11,16,18,20,22-23H,4-9,12-15H2,1-3H3. The first-order valence-electron chi connectivity index (χ1n) is 9.97. The lowest BCUT2D eigenvalue weighted by Gasteiger charge is -2.25. The van der Waals surface area contributed by atoms with Gasteiger partial charge in [0, 0.05) is 11.7 Å². The van der Waals surface area contributed by atoms with Crippen LogP contribution in [0.2, 0.25) is 0 Å². The van der Waals surface area contributed by atoms with Crippen molar-refractivity contribution < 1.29 is 4.74 Å². The minimum atomic E-state index is 0.366. The molecule has 1 unspecified atom stereocenters. The quantitative estimate of drug-likeness (QED) is 0.571. The first-order chi connectivity index (χ1) is 11.7. The minimum Gasteiger partial charge on any atom is -0.490 e. The predicted octanol–water partition coefficient (Wildman–Crippen LogP) is 5.29. The Morgan fingerprint density at radius 2 is 1.92 bits per heavy atom. The average Bonchev–Trinajstić information content (AvgIpc) is 2.59. The third-order valence-electron chi connectivity index (χ3n) is 4.92. The monoisotopic (exact) mass is 332 g/mol. The van der Waals surface area contributed by atoms with E-state index in [1.807, 2.05) is 0 Å². The van der Waals surface area contributed by atoms with Crippen LogP contribution in [0.3, 0.4) is 0 Å². The maximum absolute atomic E-state index is 6.21. The smallest absolute Gasteiger partial charge is 0.122 e. The van der Waals surface area contributed by atoms with E-state index in [0.717, 1.165) is 31.7 Å². The van der Waals surface area contributed by atoms with E-state index in [2.05, 4.69) is 49.6 Å². The van der Waals surface area contributed by atoms with Crippen molar-refractivity contribution >= 4 is 5.69 Å². The summed E-state index contributed by atoms with van der Waals surface area (Å²) in [6.07, 6.45) is 10.3. The molecule has 2 N–H and O–H groups in total. The zero-order valence-corrected chi connectivity index (χ0v) is 15.9. The van der Waals surface area contributed by atoms with Gasteiger partial charge in [0.2, 0.25) is 0 Å². The highest BCUT2D eigenvalue weighted by Crippen LogP contribution is 2.26. The van der Waals surface area contributed by atoms with Gasteiger partial charge < -0.3 is 15.4 Å². The molecule has 3 nitrogen and oxygen atoms in total. The van der Waals surface area contributed by atoms with E-state index in [1.54, 1.807) is 0 Å². The predicted molar refractivity (Wildman–Crippen MR) is 104 cm³/mol. The van der Waals surface area contributed by atoms with Crippen LogP contribution in [0, 0.1) is 6.92 Å². The molecule has 3 heteroatoms. The van der Waals surface area contributed by atoms with Gasteiger partial charge in [-0.3, -0.25) is 0 Å². The number of aryl methyl sites for hydroxylation is 1. The Kier molecular flexibility index (Phi) is 8.44. The van der Waals surface area contributed by atoms with Crippen molar-refractivity contribution in [2.24, 2.45) is 0 Å². The van der Waals surface area contributed by atoms with Crippen LogP contribution in [-0.4, -0.2) is 25.2 Å². The van der Waals surface area contributed by atoms with Gasteiger partial charge in [0.25, 0.3) is 0 Å². The lowest BCUT2D eigenvalue weighted by molar-refractivity contribution is 0.161. The number of rotatable bonds is 10.